The minimum absolute atomic E-state index is 0.0612. The molecule has 0 aliphatic rings. The van der Waals surface area contributed by atoms with Gasteiger partial charge in [-0.3, -0.25) is 4.79 Å². The van der Waals surface area contributed by atoms with E-state index in [1.54, 1.807) is 18.2 Å². The molecule has 2 aromatic rings. The van der Waals surface area contributed by atoms with Gasteiger partial charge in [0.05, 0.1) is 5.56 Å². The van der Waals surface area contributed by atoms with Gasteiger partial charge in [-0.2, -0.15) is 4.39 Å². The molecule has 0 radical (unpaired) electrons. The van der Waals surface area contributed by atoms with Gasteiger partial charge in [-0.1, -0.05) is 12.1 Å². The summed E-state index contributed by atoms with van der Waals surface area (Å²) in [5.41, 5.74) is 0.831. The van der Waals surface area contributed by atoms with E-state index in [0.717, 1.165) is 11.3 Å². The Kier molecular flexibility index (Phi) is 5.33. The zero-order valence-electron chi connectivity index (χ0n) is 13.2. The molecule has 3 N–H and O–H groups in total. The molecule has 0 aliphatic carbocycles. The van der Waals surface area contributed by atoms with Crippen molar-refractivity contribution in [3.05, 3.63) is 58.9 Å². The minimum Gasteiger partial charge on any atom is -0.503 e. The molecule has 4 nitrogen and oxygen atoms in total. The number of phenols is 1. The SMILES string of the molecule is CC(C)Nc1cccc(CNC(=O)c2cc(F)c(F)c(O)c2F)c1. The second-order valence-electron chi connectivity index (χ2n) is 5.56. The largest absolute Gasteiger partial charge is 0.503 e. The third kappa shape index (κ3) is 3.98. The Morgan fingerprint density at radius 1 is 1.17 bits per heavy atom. The van der Waals surface area contributed by atoms with Crippen molar-refractivity contribution in [3.8, 4) is 5.75 Å². The number of carbonyl (C=O) groups is 1. The lowest BCUT2D eigenvalue weighted by Gasteiger charge is -2.12. The van der Waals surface area contributed by atoms with Crippen LogP contribution in [0.4, 0.5) is 18.9 Å². The van der Waals surface area contributed by atoms with Crippen LogP contribution in [0.25, 0.3) is 0 Å². The Morgan fingerprint density at radius 3 is 2.54 bits per heavy atom. The monoisotopic (exact) mass is 338 g/mol. The molecule has 24 heavy (non-hydrogen) atoms. The van der Waals surface area contributed by atoms with Crippen LogP contribution in [0.1, 0.15) is 29.8 Å². The van der Waals surface area contributed by atoms with Crippen molar-refractivity contribution in [2.45, 2.75) is 26.4 Å². The minimum atomic E-state index is -1.73. The number of halogens is 3. The van der Waals surface area contributed by atoms with Crippen molar-refractivity contribution >= 4 is 11.6 Å². The van der Waals surface area contributed by atoms with E-state index in [1.165, 1.54) is 0 Å². The fraction of sp³-hybridized carbons (Fsp3) is 0.235. The third-order valence-corrected chi connectivity index (χ3v) is 3.21. The molecule has 0 aromatic heterocycles. The first kappa shape index (κ1) is 17.7. The van der Waals surface area contributed by atoms with Gasteiger partial charge in [0.1, 0.15) is 0 Å². The summed E-state index contributed by atoms with van der Waals surface area (Å²) in [6.45, 7) is 4.02. The highest BCUT2D eigenvalue weighted by molar-refractivity contribution is 5.94. The van der Waals surface area contributed by atoms with Gasteiger partial charge >= 0.3 is 0 Å². The summed E-state index contributed by atoms with van der Waals surface area (Å²) in [4.78, 5) is 12.0. The molecule has 0 bridgehead atoms. The molecular formula is C17H17F3N2O2. The Hall–Kier alpha value is -2.70. The number of anilines is 1. The van der Waals surface area contributed by atoms with Gasteiger partial charge in [-0.15, -0.1) is 0 Å². The standard InChI is InChI=1S/C17H17F3N2O2/c1-9(2)22-11-5-3-4-10(6-11)8-21-17(24)12-7-13(18)15(20)16(23)14(12)19/h3-7,9,22-23H,8H2,1-2H3,(H,21,24). The highest BCUT2D eigenvalue weighted by Gasteiger charge is 2.22. The molecule has 7 heteroatoms. The van der Waals surface area contributed by atoms with Crippen molar-refractivity contribution in [2.24, 2.45) is 0 Å². The van der Waals surface area contributed by atoms with E-state index >= 15 is 0 Å². The van der Waals surface area contributed by atoms with E-state index in [2.05, 4.69) is 10.6 Å². The van der Waals surface area contributed by atoms with E-state index in [1.807, 2.05) is 19.9 Å². The Balaban J connectivity index is 2.12. The Labute approximate surface area is 137 Å². The summed E-state index contributed by atoms with van der Waals surface area (Å²) in [5, 5.41) is 14.7. The number of aromatic hydroxyl groups is 1. The summed E-state index contributed by atoms with van der Waals surface area (Å²) in [7, 11) is 0. The van der Waals surface area contributed by atoms with E-state index in [4.69, 9.17) is 5.11 Å². The molecule has 1 amide bonds. The van der Waals surface area contributed by atoms with Crippen molar-refractivity contribution in [1.29, 1.82) is 0 Å². The first-order valence-corrected chi connectivity index (χ1v) is 7.29. The van der Waals surface area contributed by atoms with Crippen molar-refractivity contribution < 1.29 is 23.1 Å². The first-order chi connectivity index (χ1) is 11.3. The van der Waals surface area contributed by atoms with Gasteiger partial charge in [0.25, 0.3) is 5.91 Å². The second kappa shape index (κ2) is 7.25. The fourth-order valence-electron chi connectivity index (χ4n) is 2.14. The van der Waals surface area contributed by atoms with Crippen LogP contribution in [0.3, 0.4) is 0 Å². The number of hydrogen-bond donors (Lipinski definition) is 3. The van der Waals surface area contributed by atoms with Crippen molar-refractivity contribution in [2.75, 3.05) is 5.32 Å². The molecule has 0 unspecified atom stereocenters. The molecule has 2 rings (SSSR count). The van der Waals surface area contributed by atoms with Crippen LogP contribution in [0.15, 0.2) is 30.3 Å². The highest BCUT2D eigenvalue weighted by Crippen LogP contribution is 2.25. The van der Waals surface area contributed by atoms with Crippen LogP contribution in [-0.2, 0) is 6.54 Å². The summed E-state index contributed by atoms with van der Waals surface area (Å²) in [6.07, 6.45) is 0. The quantitative estimate of drug-likeness (QED) is 0.731. The van der Waals surface area contributed by atoms with Gasteiger partial charge in [-0.25, -0.2) is 8.78 Å². The van der Waals surface area contributed by atoms with Crippen molar-refractivity contribution in [1.82, 2.24) is 5.32 Å². The van der Waals surface area contributed by atoms with Crippen LogP contribution >= 0.6 is 0 Å². The highest BCUT2D eigenvalue weighted by atomic mass is 19.2. The van der Waals surface area contributed by atoms with E-state index in [-0.39, 0.29) is 12.6 Å². The lowest BCUT2D eigenvalue weighted by Crippen LogP contribution is -2.24. The summed E-state index contributed by atoms with van der Waals surface area (Å²) < 4.78 is 40.0. The summed E-state index contributed by atoms with van der Waals surface area (Å²) in [5.74, 6) is -7.19. The topological polar surface area (TPSA) is 61.4 Å². The second-order valence-corrected chi connectivity index (χ2v) is 5.56. The van der Waals surface area contributed by atoms with Crippen LogP contribution < -0.4 is 10.6 Å². The number of benzene rings is 2. The Morgan fingerprint density at radius 2 is 1.88 bits per heavy atom. The zero-order valence-corrected chi connectivity index (χ0v) is 13.2. The summed E-state index contributed by atoms with van der Waals surface area (Å²) in [6, 6.07) is 7.85. The average molecular weight is 338 g/mol. The number of hydrogen-bond acceptors (Lipinski definition) is 3. The number of carbonyl (C=O) groups excluding carboxylic acids is 1. The molecule has 0 spiro atoms. The van der Waals surface area contributed by atoms with Crippen molar-refractivity contribution in [3.63, 3.8) is 0 Å². The Bertz CT molecular complexity index is 764. The molecule has 0 saturated carbocycles. The van der Waals surface area contributed by atoms with Gasteiger partial charge in [0.2, 0.25) is 5.82 Å². The van der Waals surface area contributed by atoms with Gasteiger partial charge in [0, 0.05) is 18.3 Å². The predicted octanol–water partition coefficient (Wildman–Crippen LogP) is 3.56. The van der Waals surface area contributed by atoms with Crippen LogP contribution in [-0.4, -0.2) is 17.1 Å². The zero-order chi connectivity index (χ0) is 17.9. The molecule has 128 valence electrons. The smallest absolute Gasteiger partial charge is 0.254 e. The summed E-state index contributed by atoms with van der Waals surface area (Å²) >= 11 is 0. The normalized spacial score (nSPS) is 10.8. The van der Waals surface area contributed by atoms with E-state index in [9.17, 15) is 18.0 Å². The maximum atomic E-state index is 13.7. The predicted molar refractivity (Wildman–Crippen MR) is 84.4 cm³/mol. The lowest BCUT2D eigenvalue weighted by atomic mass is 10.1. The van der Waals surface area contributed by atoms with Gasteiger partial charge < -0.3 is 15.7 Å². The van der Waals surface area contributed by atoms with E-state index in [0.29, 0.717) is 6.07 Å². The molecule has 0 fully saturated rings. The maximum absolute atomic E-state index is 13.7. The van der Waals surface area contributed by atoms with Crippen LogP contribution in [0.2, 0.25) is 0 Å². The van der Waals surface area contributed by atoms with E-state index < -0.39 is 34.7 Å². The molecular weight excluding hydrogens is 321 g/mol. The molecule has 0 saturated heterocycles. The lowest BCUT2D eigenvalue weighted by molar-refractivity contribution is 0.0945. The van der Waals surface area contributed by atoms with Crippen LogP contribution in [0, 0.1) is 17.5 Å². The molecule has 0 heterocycles. The molecule has 0 atom stereocenters. The number of nitrogens with one attached hydrogen (secondary N) is 2. The molecule has 0 aliphatic heterocycles. The van der Waals surface area contributed by atoms with Crippen LogP contribution in [0.5, 0.6) is 5.75 Å². The number of amides is 1. The maximum Gasteiger partial charge on any atom is 0.254 e. The number of rotatable bonds is 5. The average Bonchev–Trinajstić information content (AvgIpc) is 2.53. The fourth-order valence-corrected chi connectivity index (χ4v) is 2.14. The molecule has 2 aromatic carbocycles. The third-order valence-electron chi connectivity index (χ3n) is 3.21. The van der Waals surface area contributed by atoms with Gasteiger partial charge in [0.15, 0.2) is 17.4 Å². The number of phenolic OH excluding ortho intramolecular Hbond substituents is 1. The van der Waals surface area contributed by atoms with Gasteiger partial charge in [-0.05, 0) is 37.6 Å². The first-order valence-electron chi connectivity index (χ1n) is 7.29.